The number of nitrogens with zero attached hydrogens (tertiary/aromatic N) is 1. The van der Waals surface area contributed by atoms with Crippen molar-refractivity contribution in [2.75, 3.05) is 59.1 Å². The number of aromatic nitrogens is 1. The Hall–Kier alpha value is -11.9. The number of para-hydroxylation sites is 1. The zero-order valence-corrected chi connectivity index (χ0v) is 62.8. The Bertz CT molecular complexity index is 3890. The number of benzene rings is 2. The number of carbonyl (C=O) groups excluding carboxylic acids is 16. The Kier molecular flexibility index (Phi) is 39.2. The summed E-state index contributed by atoms with van der Waals surface area (Å²) in [6.07, 6.45) is 4.04. The normalized spacial score (nSPS) is 15.6. The highest BCUT2D eigenvalue weighted by atomic mass is 16.4. The van der Waals surface area contributed by atoms with Gasteiger partial charge in [-0.05, 0) is 100 Å². The van der Waals surface area contributed by atoms with Crippen LogP contribution in [0.4, 0.5) is 0 Å². The standard InChI is InChI=1S/C71H103N19O23/c1-6-43(82-66(107)50(84-60(101)42(73)33-91)27-39-28-75-45-14-9-8-13-41(39)45)63(104)85-48(25-36(3)4)65(106)86-49(26-38-17-19-40(95)20-18-38)67(108)89-59(37(5)94)70(111)90-24-12-16-53(90)69(110)88-51(34-92)62(103)79-32-58(100)81-47(21-22-54(74)96)64(105)87-52(35-93)68(109)83-46(15-10-11-23-72)61(102)78-30-56(98)76-29-55(97)77-31-57(99)80-44(7-2)71(112)113/h2,8-9,13-14,17-20,28,36-37,42-44,46-53,59,75,91-95H,6,10-12,15-16,21-27,29-35,72-73H2,1,3-5H3,(H2,74,96)(H,76,98)(H,77,97)(H,78,102)(H,79,103)(H,80,99)(H,81,100)(H,82,107)(H,83,109)(H,84,101)(H,85,104)(H,86,106)(H,87,105)(H,88,110)(H,89,108)(H,112,113)/t37-,42+,43+,44?,46+,47+,48+,49+,50+,51+,52+,53+,59+/m1/s1. The van der Waals surface area contributed by atoms with Crippen LogP contribution in [-0.2, 0) is 94.3 Å². The van der Waals surface area contributed by atoms with Gasteiger partial charge in [-0.25, -0.2) is 4.79 Å². The summed E-state index contributed by atoms with van der Waals surface area (Å²) >= 11 is 0. The molecule has 42 nitrogen and oxygen atoms in total. The van der Waals surface area contributed by atoms with Crippen LogP contribution in [-0.4, -0.2) is 279 Å². The molecule has 620 valence electrons. The first kappa shape index (κ1) is 93.5. The van der Waals surface area contributed by atoms with Crippen molar-refractivity contribution in [2.24, 2.45) is 23.1 Å². The fourth-order valence-electron chi connectivity index (χ4n) is 11.4. The maximum atomic E-state index is 14.6. The number of aliphatic carboxylic acids is 1. The monoisotopic (exact) mass is 1590 g/mol. The molecule has 113 heavy (non-hydrogen) atoms. The Morgan fingerprint density at radius 2 is 1.08 bits per heavy atom. The molecule has 2 heterocycles. The van der Waals surface area contributed by atoms with Gasteiger partial charge < -0.3 is 132 Å². The molecular weight excluding hydrogens is 1490 g/mol. The minimum atomic E-state index is -1.85. The molecule has 1 aromatic heterocycles. The first-order valence-electron chi connectivity index (χ1n) is 36.3. The highest BCUT2D eigenvalue weighted by molar-refractivity contribution is 6.01. The summed E-state index contributed by atoms with van der Waals surface area (Å²) in [7, 11) is 0. The number of phenolic OH excluding ortho intramolecular Hbond substituents is 1. The van der Waals surface area contributed by atoms with Crippen molar-refractivity contribution in [1.82, 2.24) is 84.3 Å². The molecule has 0 spiro atoms. The van der Waals surface area contributed by atoms with E-state index >= 15 is 0 Å². The van der Waals surface area contributed by atoms with E-state index in [4.69, 9.17) is 28.7 Å². The van der Waals surface area contributed by atoms with Gasteiger partial charge in [0.05, 0.1) is 52.1 Å². The van der Waals surface area contributed by atoms with E-state index in [0.717, 1.165) is 22.7 Å². The number of aromatic amines is 1. The number of nitrogens with two attached hydrogens (primary N) is 3. The van der Waals surface area contributed by atoms with E-state index in [1.54, 1.807) is 51.2 Å². The number of aliphatic hydroxyl groups excluding tert-OH is 4. The summed E-state index contributed by atoms with van der Waals surface area (Å²) in [5, 5.41) is 93.8. The number of carboxylic acids is 1. The predicted octanol–water partition coefficient (Wildman–Crippen LogP) is -9.78. The number of nitrogens with one attached hydrogen (secondary N) is 15. The van der Waals surface area contributed by atoms with Crippen LogP contribution in [0.15, 0.2) is 54.7 Å². The quantitative estimate of drug-likeness (QED) is 0.0184. The molecule has 4 rings (SSSR count). The van der Waals surface area contributed by atoms with Crippen LogP contribution >= 0.6 is 0 Å². The summed E-state index contributed by atoms with van der Waals surface area (Å²) in [6.45, 7) is 0.123. The topological polar surface area (TPSA) is 677 Å². The Labute approximate surface area is 648 Å². The number of aliphatic hydroxyl groups is 4. The number of likely N-dealkylation sites (tertiary alicyclic amines) is 1. The molecule has 16 amide bonds. The van der Waals surface area contributed by atoms with E-state index in [1.807, 2.05) is 11.2 Å². The number of hydrogen-bond donors (Lipinski definition) is 24. The lowest BCUT2D eigenvalue weighted by Crippen LogP contribution is -2.62. The van der Waals surface area contributed by atoms with Gasteiger partial charge in [-0.15, -0.1) is 6.42 Å². The molecule has 0 radical (unpaired) electrons. The molecule has 42 heteroatoms. The minimum Gasteiger partial charge on any atom is -0.508 e. The zero-order chi connectivity index (χ0) is 84.2. The number of aromatic hydroxyl groups is 1. The smallest absolute Gasteiger partial charge is 0.338 e. The predicted molar refractivity (Wildman–Crippen MR) is 398 cm³/mol. The molecular formula is C71H103N19O23. The fraction of sp³-hybridized carbons (Fsp3) is 0.535. The van der Waals surface area contributed by atoms with Gasteiger partial charge in [-0.3, -0.25) is 76.7 Å². The molecule has 1 saturated heterocycles. The van der Waals surface area contributed by atoms with Crippen molar-refractivity contribution in [3.8, 4) is 18.1 Å². The SMILES string of the molecule is C#CC(NC(=O)CNC(=O)CNC(=O)CNC(=O)[C@H](CCCCN)NC(=O)[C@H](CO)NC(=O)[C@H](CCC(N)=O)NC(=O)CNC(=O)[C@H](CO)NC(=O)[C@@H]1CCCN1C(=O)[C@@H](NC(=O)[C@H](Cc1ccc(O)cc1)NC(=O)[C@H](CC(C)C)NC(=O)[C@H](CC)NC(=O)[C@H](Cc1c[nH]c2ccccc12)NC(=O)[C@@H](N)CO)[C@@H](C)O)C(=O)O. The van der Waals surface area contributed by atoms with Crippen LogP contribution < -0.4 is 91.6 Å². The number of H-pyrrole nitrogens is 1. The second-order valence-corrected chi connectivity index (χ2v) is 26.9. The molecule has 1 aliphatic heterocycles. The number of amides is 16. The first-order chi connectivity index (χ1) is 53.6. The molecule has 0 bridgehead atoms. The van der Waals surface area contributed by atoms with Gasteiger partial charge in [0, 0.05) is 42.9 Å². The maximum Gasteiger partial charge on any atom is 0.338 e. The van der Waals surface area contributed by atoms with Gasteiger partial charge in [0.1, 0.15) is 72.2 Å². The summed E-state index contributed by atoms with van der Waals surface area (Å²) in [5.41, 5.74) is 18.4. The molecule has 1 aliphatic rings. The minimum absolute atomic E-state index is 0.0299. The average molecular weight is 1590 g/mol. The van der Waals surface area contributed by atoms with Crippen LogP contribution in [0, 0.1) is 18.3 Å². The van der Waals surface area contributed by atoms with Gasteiger partial charge in [0.15, 0.2) is 6.04 Å². The summed E-state index contributed by atoms with van der Waals surface area (Å²) in [6, 6.07) is -6.09. The van der Waals surface area contributed by atoms with E-state index < -0.39 is 238 Å². The average Bonchev–Trinajstić information content (AvgIpc) is 1.70. The van der Waals surface area contributed by atoms with Crippen molar-refractivity contribution in [1.29, 1.82) is 0 Å². The lowest BCUT2D eigenvalue weighted by atomic mass is 10.00. The van der Waals surface area contributed by atoms with Gasteiger partial charge in [0.2, 0.25) is 94.5 Å². The zero-order valence-electron chi connectivity index (χ0n) is 62.8. The van der Waals surface area contributed by atoms with E-state index in [1.165, 1.54) is 24.3 Å². The van der Waals surface area contributed by atoms with Crippen LogP contribution in [0.25, 0.3) is 10.9 Å². The molecule has 0 aliphatic carbocycles. The van der Waals surface area contributed by atoms with Crippen molar-refractivity contribution in [3.05, 3.63) is 65.9 Å². The second kappa shape index (κ2) is 47.3. The third-order valence-corrected chi connectivity index (χ3v) is 17.5. The van der Waals surface area contributed by atoms with Crippen LogP contribution in [0.1, 0.15) is 96.6 Å². The molecule has 0 saturated carbocycles. The number of fused-ring (bicyclic) bond motifs is 1. The van der Waals surface area contributed by atoms with Gasteiger partial charge in [0.25, 0.3) is 0 Å². The molecule has 1 unspecified atom stereocenters. The van der Waals surface area contributed by atoms with Crippen molar-refractivity contribution < 1.29 is 112 Å². The van der Waals surface area contributed by atoms with Gasteiger partial charge in [-0.2, -0.15) is 0 Å². The summed E-state index contributed by atoms with van der Waals surface area (Å²) in [4.78, 5) is 230. The molecule has 13 atom stereocenters. The van der Waals surface area contributed by atoms with E-state index in [0.29, 0.717) is 17.5 Å². The number of carbonyl (C=O) groups is 17. The number of primary amides is 1. The number of terminal acetylenes is 1. The number of carboxylic acid groups (broad SMARTS) is 1. The second-order valence-electron chi connectivity index (χ2n) is 26.9. The highest BCUT2D eigenvalue weighted by Gasteiger charge is 2.42. The van der Waals surface area contributed by atoms with Crippen LogP contribution in [0.2, 0.25) is 0 Å². The lowest BCUT2D eigenvalue weighted by Gasteiger charge is -2.32. The largest absolute Gasteiger partial charge is 0.508 e. The Balaban J connectivity index is 1.41. The van der Waals surface area contributed by atoms with Gasteiger partial charge >= 0.3 is 5.97 Å². The Morgan fingerprint density at radius 3 is 1.67 bits per heavy atom. The number of rotatable bonds is 48. The number of unbranched alkanes of at least 4 members (excludes halogenated alkanes) is 1. The Morgan fingerprint density at radius 1 is 0.575 bits per heavy atom. The van der Waals surface area contributed by atoms with Crippen molar-refractivity contribution >= 4 is 111 Å². The third kappa shape index (κ3) is 31.1. The molecule has 3 aromatic rings. The lowest BCUT2D eigenvalue weighted by molar-refractivity contribution is -0.145. The summed E-state index contributed by atoms with van der Waals surface area (Å²) in [5.74, 6) is -16.0. The molecule has 1 fully saturated rings. The maximum absolute atomic E-state index is 14.6. The molecule has 2 aromatic carbocycles. The molecule has 27 N–H and O–H groups in total. The number of hydrogen-bond acceptors (Lipinski definition) is 24. The number of phenols is 1. The first-order valence-corrected chi connectivity index (χ1v) is 36.3. The third-order valence-electron chi connectivity index (χ3n) is 17.5. The summed E-state index contributed by atoms with van der Waals surface area (Å²) < 4.78 is 0. The van der Waals surface area contributed by atoms with Crippen LogP contribution in [0.3, 0.4) is 0 Å². The van der Waals surface area contributed by atoms with Crippen LogP contribution in [0.5, 0.6) is 5.75 Å². The van der Waals surface area contributed by atoms with Gasteiger partial charge in [-0.1, -0.05) is 57.0 Å². The van der Waals surface area contributed by atoms with E-state index in [9.17, 15) is 107 Å². The highest BCUT2D eigenvalue weighted by Crippen LogP contribution is 2.22. The van der Waals surface area contributed by atoms with E-state index in [-0.39, 0.29) is 76.1 Å². The van der Waals surface area contributed by atoms with Crippen molar-refractivity contribution in [3.63, 3.8) is 0 Å². The van der Waals surface area contributed by atoms with Crippen molar-refractivity contribution in [2.45, 2.75) is 177 Å². The van der Waals surface area contributed by atoms with E-state index in [2.05, 4.69) is 74.1 Å². The fourth-order valence-corrected chi connectivity index (χ4v) is 11.4.